The Bertz CT molecular complexity index is 1320. The van der Waals surface area contributed by atoms with Crippen molar-refractivity contribution in [2.24, 2.45) is 0 Å². The first kappa shape index (κ1) is 33.3. The lowest BCUT2D eigenvalue weighted by atomic mass is 9.97. The second-order valence-corrected chi connectivity index (χ2v) is 11.8. The third-order valence-electron chi connectivity index (χ3n) is 7.51. The Labute approximate surface area is 247 Å². The zero-order chi connectivity index (χ0) is 31.9. The number of ether oxygens (including phenoxy) is 4. The molecule has 0 saturated carbocycles. The monoisotopic (exact) mass is 655 g/mol. The van der Waals surface area contributed by atoms with Crippen molar-refractivity contribution in [3.8, 4) is 0 Å². The third kappa shape index (κ3) is 6.59. The molecule has 44 heavy (non-hydrogen) atoms. The zero-order valence-corrected chi connectivity index (χ0v) is 23.6. The fourth-order valence-electron chi connectivity index (χ4n) is 5.14. The molecule has 0 aliphatic carbocycles. The second kappa shape index (κ2) is 13.4. The number of phosphoric acid groups is 1. The van der Waals surface area contributed by atoms with Gasteiger partial charge in [-0.3, -0.25) is 13.6 Å². The maximum atomic E-state index is 13.0. The summed E-state index contributed by atoms with van der Waals surface area (Å²) >= 11 is 0. The summed E-state index contributed by atoms with van der Waals surface area (Å²) in [6, 6.07) is 0. The number of imidazole rings is 1. The number of nitrogens with two attached hydrogens (primary N) is 1. The topological polar surface area (TPSA) is 324 Å². The van der Waals surface area contributed by atoms with Gasteiger partial charge in [0.1, 0.15) is 73.0 Å². The molecule has 2 unspecified atom stereocenters. The molecule has 21 nitrogen and oxygen atoms in total. The molecule has 0 radical (unpaired) electrons. The number of aromatic nitrogens is 4. The van der Waals surface area contributed by atoms with Crippen LogP contribution < -0.4 is 5.73 Å². The quantitative estimate of drug-likeness (QED) is 0.107. The van der Waals surface area contributed by atoms with Gasteiger partial charge in [-0.1, -0.05) is 0 Å². The van der Waals surface area contributed by atoms with Crippen molar-refractivity contribution in [3.63, 3.8) is 0 Å². The Kier molecular flexibility index (Phi) is 10.1. The summed E-state index contributed by atoms with van der Waals surface area (Å²) in [6.45, 7) is -2.38. The SMILES string of the molecule is Nc1ncnc2c1ncn2[C@H]1CC(O)[C@@H](COP(=O)(O)O[C@H]2[C@@H](O[C@H]3[C@H](O)[C@@H](O)[C@H](O)O[C@@H]3CO)O[C@H](CO)[C@@H](O)[C@@H]2O)O1. The molecule has 5 rings (SSSR count). The number of rotatable bonds is 10. The molecule has 11 N–H and O–H groups in total. The van der Waals surface area contributed by atoms with Gasteiger partial charge in [0.25, 0.3) is 0 Å². The number of aliphatic hydroxyl groups is 8. The molecule has 2 aromatic rings. The average Bonchev–Trinajstić information content (AvgIpc) is 3.59. The standard InChI is InChI=1S/C22H34N5O16P/c23-19-12-20(25-5-24-19)27(6-26-12)11-1-7(30)10(39-11)4-38-44(36,37)43-18-14(32)13(31)8(2-28)41-22(18)42-17-9(3-29)40-21(35)16(34)15(17)33/h5-11,13-18,21-22,28-35H,1-4H2,(H,36,37)(H2,23,24,25)/t7?,8-,9-,10-,11-,13-,14+,15-,16-,17-,18-,21-,22-/m1/s1. The van der Waals surface area contributed by atoms with Gasteiger partial charge in [-0.05, 0) is 0 Å². The van der Waals surface area contributed by atoms with E-state index in [1.54, 1.807) is 0 Å². The molecular formula is C22H34N5O16P. The molecule has 5 heterocycles. The number of aliphatic hydroxyl groups excluding tert-OH is 8. The molecule has 3 aliphatic rings. The number of phosphoric ester groups is 1. The van der Waals surface area contributed by atoms with Crippen molar-refractivity contribution in [1.82, 2.24) is 19.5 Å². The molecule has 0 spiro atoms. The van der Waals surface area contributed by atoms with Crippen LogP contribution in [0.5, 0.6) is 0 Å². The van der Waals surface area contributed by atoms with Gasteiger partial charge in [0.15, 0.2) is 24.0 Å². The molecule has 0 bridgehead atoms. The van der Waals surface area contributed by atoms with Crippen LogP contribution in [0.25, 0.3) is 11.2 Å². The highest BCUT2D eigenvalue weighted by molar-refractivity contribution is 7.47. The van der Waals surface area contributed by atoms with E-state index in [0.717, 1.165) is 0 Å². The highest BCUT2D eigenvalue weighted by Crippen LogP contribution is 2.48. The van der Waals surface area contributed by atoms with Crippen LogP contribution >= 0.6 is 7.82 Å². The summed E-state index contributed by atoms with van der Waals surface area (Å²) in [7, 11) is -5.18. The van der Waals surface area contributed by atoms with Gasteiger partial charge >= 0.3 is 7.82 Å². The van der Waals surface area contributed by atoms with Crippen molar-refractivity contribution < 1.29 is 78.3 Å². The highest BCUT2D eigenvalue weighted by atomic mass is 31.2. The van der Waals surface area contributed by atoms with E-state index in [2.05, 4.69) is 15.0 Å². The Morgan fingerprint density at radius 2 is 1.61 bits per heavy atom. The second-order valence-electron chi connectivity index (χ2n) is 10.4. The first-order chi connectivity index (χ1) is 20.8. The van der Waals surface area contributed by atoms with Crippen LogP contribution in [0.15, 0.2) is 12.7 Å². The Morgan fingerprint density at radius 1 is 0.909 bits per heavy atom. The van der Waals surface area contributed by atoms with Crippen molar-refractivity contribution >= 4 is 24.8 Å². The normalized spacial score (nSPS) is 41.2. The molecule has 3 fully saturated rings. The van der Waals surface area contributed by atoms with Gasteiger partial charge in [0, 0.05) is 6.42 Å². The van der Waals surface area contributed by atoms with Crippen LogP contribution in [0.2, 0.25) is 0 Å². The first-order valence-electron chi connectivity index (χ1n) is 13.4. The van der Waals surface area contributed by atoms with Crippen molar-refractivity contribution in [1.29, 1.82) is 0 Å². The minimum absolute atomic E-state index is 0.0121. The van der Waals surface area contributed by atoms with Gasteiger partial charge in [-0.15, -0.1) is 0 Å². The van der Waals surface area contributed by atoms with E-state index >= 15 is 0 Å². The van der Waals surface area contributed by atoms with E-state index in [1.165, 1.54) is 17.2 Å². The maximum Gasteiger partial charge on any atom is 0.472 e. The Hall–Kier alpha value is -2.02. The first-order valence-corrected chi connectivity index (χ1v) is 14.9. The summed E-state index contributed by atoms with van der Waals surface area (Å²) in [5.41, 5.74) is 6.42. The third-order valence-corrected chi connectivity index (χ3v) is 8.50. The predicted molar refractivity (Wildman–Crippen MR) is 138 cm³/mol. The van der Waals surface area contributed by atoms with E-state index < -0.39 is 107 Å². The lowest BCUT2D eigenvalue weighted by Gasteiger charge is -2.46. The average molecular weight is 656 g/mol. The van der Waals surface area contributed by atoms with Crippen LogP contribution in [0.3, 0.4) is 0 Å². The molecule has 3 aliphatic heterocycles. The summed E-state index contributed by atoms with van der Waals surface area (Å²) < 4.78 is 46.3. The van der Waals surface area contributed by atoms with E-state index in [9.17, 15) is 50.3 Å². The number of fused-ring (bicyclic) bond motifs is 1. The minimum atomic E-state index is -5.18. The lowest BCUT2D eigenvalue weighted by Crippen LogP contribution is -2.64. The molecule has 0 aromatic carbocycles. The Balaban J connectivity index is 1.27. The van der Waals surface area contributed by atoms with Crippen LogP contribution in [0.1, 0.15) is 12.6 Å². The smallest absolute Gasteiger partial charge is 0.394 e. The fraction of sp³-hybridized carbons (Fsp3) is 0.773. The van der Waals surface area contributed by atoms with Crippen LogP contribution in [-0.2, 0) is 32.6 Å². The predicted octanol–water partition coefficient (Wildman–Crippen LogP) is -5.19. The molecule has 3 saturated heterocycles. The largest absolute Gasteiger partial charge is 0.472 e. The summed E-state index contributed by atoms with van der Waals surface area (Å²) in [5.74, 6) is 0.128. The van der Waals surface area contributed by atoms with Gasteiger partial charge in [0.2, 0.25) is 0 Å². The van der Waals surface area contributed by atoms with Crippen molar-refractivity contribution in [2.45, 2.75) is 86.3 Å². The van der Waals surface area contributed by atoms with E-state index in [1.807, 2.05) is 0 Å². The number of nitrogens with zero attached hydrogens (tertiary/aromatic N) is 4. The zero-order valence-electron chi connectivity index (χ0n) is 22.7. The molecule has 2 aromatic heterocycles. The van der Waals surface area contributed by atoms with E-state index in [0.29, 0.717) is 11.2 Å². The number of hydrogen-bond acceptors (Lipinski definition) is 19. The van der Waals surface area contributed by atoms with Gasteiger partial charge in [0.05, 0.1) is 32.3 Å². The fourth-order valence-corrected chi connectivity index (χ4v) is 6.06. The number of anilines is 1. The molecular weight excluding hydrogens is 621 g/mol. The molecule has 14 atom stereocenters. The Morgan fingerprint density at radius 3 is 2.32 bits per heavy atom. The van der Waals surface area contributed by atoms with E-state index in [4.69, 9.17) is 33.7 Å². The molecule has 0 amide bonds. The number of hydrogen-bond donors (Lipinski definition) is 10. The van der Waals surface area contributed by atoms with Crippen molar-refractivity contribution in [2.75, 3.05) is 25.6 Å². The lowest BCUT2D eigenvalue weighted by molar-refractivity contribution is -0.353. The minimum Gasteiger partial charge on any atom is -0.394 e. The molecule has 248 valence electrons. The number of nitrogen functional groups attached to an aromatic ring is 1. The highest BCUT2D eigenvalue weighted by Gasteiger charge is 2.53. The van der Waals surface area contributed by atoms with Crippen molar-refractivity contribution in [3.05, 3.63) is 12.7 Å². The maximum absolute atomic E-state index is 13.0. The van der Waals surface area contributed by atoms with E-state index in [-0.39, 0.29) is 12.2 Å². The van der Waals surface area contributed by atoms with Crippen LogP contribution in [-0.4, -0.2) is 159 Å². The summed E-state index contributed by atoms with van der Waals surface area (Å²) in [4.78, 5) is 22.6. The van der Waals surface area contributed by atoms with Crippen LogP contribution in [0.4, 0.5) is 5.82 Å². The molecule has 22 heteroatoms. The van der Waals surface area contributed by atoms with Gasteiger partial charge < -0.3 is 70.4 Å². The van der Waals surface area contributed by atoms with Gasteiger partial charge in [-0.2, -0.15) is 0 Å². The summed E-state index contributed by atoms with van der Waals surface area (Å²) in [5, 5.41) is 81.0. The van der Waals surface area contributed by atoms with Crippen LogP contribution in [0, 0.1) is 0 Å². The summed E-state index contributed by atoms with van der Waals surface area (Å²) in [6.07, 6.45) is -18.7. The van der Waals surface area contributed by atoms with Gasteiger partial charge in [-0.25, -0.2) is 19.5 Å².